The number of rotatable bonds is 7. The molecule has 2 fully saturated rings. The van der Waals surface area contributed by atoms with Gasteiger partial charge in [-0.25, -0.2) is 0 Å². The van der Waals surface area contributed by atoms with Crippen LogP contribution in [0, 0.1) is 5.41 Å². The minimum atomic E-state index is -0.740. The maximum absolute atomic E-state index is 11.4. The van der Waals surface area contributed by atoms with Crippen LogP contribution in [-0.4, -0.2) is 47.2 Å². The van der Waals surface area contributed by atoms with Gasteiger partial charge in [-0.1, -0.05) is 13.8 Å². The third-order valence-electron chi connectivity index (χ3n) is 4.48. The first-order chi connectivity index (χ1) is 8.81. The molecule has 19 heavy (non-hydrogen) atoms. The number of hydrogen-bond donors (Lipinski definition) is 2. The van der Waals surface area contributed by atoms with Crippen LogP contribution >= 0.6 is 0 Å². The summed E-state index contributed by atoms with van der Waals surface area (Å²) in [6.45, 7) is 9.78. The predicted octanol–water partition coefficient (Wildman–Crippen LogP) is 2.09. The Labute approximate surface area is 116 Å². The minimum absolute atomic E-state index is 0.433. The lowest BCUT2D eigenvalue weighted by Gasteiger charge is -2.27. The molecule has 0 aromatic heterocycles. The third-order valence-corrected chi connectivity index (χ3v) is 4.48. The van der Waals surface area contributed by atoms with Crippen LogP contribution < -0.4 is 5.32 Å². The van der Waals surface area contributed by atoms with E-state index in [1.54, 1.807) is 0 Å². The quantitative estimate of drug-likeness (QED) is 0.742. The van der Waals surface area contributed by atoms with E-state index in [0.29, 0.717) is 11.5 Å². The summed E-state index contributed by atoms with van der Waals surface area (Å²) in [4.78, 5) is 13.9. The molecule has 1 unspecified atom stereocenters. The molecular weight excluding hydrogens is 240 g/mol. The van der Waals surface area contributed by atoms with Gasteiger partial charge >= 0.3 is 5.97 Å². The summed E-state index contributed by atoms with van der Waals surface area (Å²) in [5.74, 6) is -0.707. The Morgan fingerprint density at radius 2 is 2.16 bits per heavy atom. The van der Waals surface area contributed by atoms with Crippen LogP contribution in [0.2, 0.25) is 0 Å². The van der Waals surface area contributed by atoms with Gasteiger partial charge in [-0.3, -0.25) is 10.1 Å². The molecule has 1 aliphatic carbocycles. The van der Waals surface area contributed by atoms with Gasteiger partial charge in [-0.15, -0.1) is 0 Å². The average molecular weight is 268 g/mol. The van der Waals surface area contributed by atoms with Gasteiger partial charge in [0.2, 0.25) is 0 Å². The normalized spacial score (nSPS) is 26.3. The van der Waals surface area contributed by atoms with Crippen molar-refractivity contribution in [3.8, 4) is 0 Å². The van der Waals surface area contributed by atoms with E-state index in [2.05, 4.69) is 24.1 Å². The molecule has 1 aliphatic heterocycles. The van der Waals surface area contributed by atoms with E-state index in [4.69, 9.17) is 0 Å². The highest BCUT2D eigenvalue weighted by atomic mass is 16.4. The smallest absolute Gasteiger partial charge is 0.323 e. The highest BCUT2D eigenvalue weighted by molar-refractivity contribution is 5.78. The van der Waals surface area contributed by atoms with Gasteiger partial charge in [0.1, 0.15) is 5.54 Å². The van der Waals surface area contributed by atoms with Crippen molar-refractivity contribution < 1.29 is 9.90 Å². The zero-order valence-corrected chi connectivity index (χ0v) is 12.5. The molecule has 0 amide bonds. The summed E-state index contributed by atoms with van der Waals surface area (Å²) >= 11 is 0. The van der Waals surface area contributed by atoms with E-state index < -0.39 is 11.5 Å². The van der Waals surface area contributed by atoms with Gasteiger partial charge in [-0.05, 0) is 57.5 Å². The summed E-state index contributed by atoms with van der Waals surface area (Å²) in [5.41, 5.74) is -0.307. The first kappa shape index (κ1) is 14.8. The predicted molar refractivity (Wildman–Crippen MR) is 76.3 cm³/mol. The molecule has 1 atom stereocenters. The highest BCUT2D eigenvalue weighted by Crippen LogP contribution is 2.29. The monoisotopic (exact) mass is 268 g/mol. The molecule has 2 rings (SSSR count). The fourth-order valence-electron chi connectivity index (χ4n) is 2.99. The first-order valence-electron chi connectivity index (χ1n) is 7.54. The molecule has 4 heteroatoms. The SMILES string of the molecule is CC1(C)CCN(CCCC(C)(NC2CC2)C(=O)O)C1. The van der Waals surface area contributed by atoms with Gasteiger partial charge in [0, 0.05) is 12.6 Å². The zero-order chi connectivity index (χ0) is 14.1. The van der Waals surface area contributed by atoms with Crippen molar-refractivity contribution in [3.05, 3.63) is 0 Å². The van der Waals surface area contributed by atoms with Crippen molar-refractivity contribution in [2.24, 2.45) is 5.41 Å². The summed E-state index contributed by atoms with van der Waals surface area (Å²) in [7, 11) is 0. The molecular formula is C15H28N2O2. The van der Waals surface area contributed by atoms with Gasteiger partial charge in [0.05, 0.1) is 0 Å². The van der Waals surface area contributed by atoms with Crippen molar-refractivity contribution in [3.63, 3.8) is 0 Å². The largest absolute Gasteiger partial charge is 0.480 e. The van der Waals surface area contributed by atoms with Crippen LogP contribution in [0.1, 0.15) is 52.9 Å². The fourth-order valence-corrected chi connectivity index (χ4v) is 2.99. The number of nitrogens with zero attached hydrogens (tertiary/aromatic N) is 1. The molecule has 2 aliphatic rings. The molecule has 0 aromatic carbocycles. The van der Waals surface area contributed by atoms with Crippen LogP contribution in [0.3, 0.4) is 0 Å². The summed E-state index contributed by atoms with van der Waals surface area (Å²) in [5, 5.41) is 12.7. The Balaban J connectivity index is 1.75. The lowest BCUT2D eigenvalue weighted by Crippen LogP contribution is -2.50. The Kier molecular flexibility index (Phi) is 4.21. The van der Waals surface area contributed by atoms with Crippen molar-refractivity contribution in [1.29, 1.82) is 0 Å². The number of hydrogen-bond acceptors (Lipinski definition) is 3. The van der Waals surface area contributed by atoms with Crippen LogP contribution in [0.15, 0.2) is 0 Å². The molecule has 0 spiro atoms. The van der Waals surface area contributed by atoms with Crippen molar-refractivity contribution in [2.75, 3.05) is 19.6 Å². The van der Waals surface area contributed by atoms with Crippen molar-refractivity contribution in [2.45, 2.75) is 64.5 Å². The van der Waals surface area contributed by atoms with Crippen LogP contribution in [-0.2, 0) is 4.79 Å². The van der Waals surface area contributed by atoms with E-state index in [1.165, 1.54) is 6.42 Å². The first-order valence-corrected chi connectivity index (χ1v) is 7.54. The van der Waals surface area contributed by atoms with Crippen LogP contribution in [0.25, 0.3) is 0 Å². The number of aliphatic carboxylic acids is 1. The molecule has 4 nitrogen and oxygen atoms in total. The molecule has 0 bridgehead atoms. The highest BCUT2D eigenvalue weighted by Gasteiger charge is 2.38. The van der Waals surface area contributed by atoms with Gasteiger partial charge in [-0.2, -0.15) is 0 Å². The Morgan fingerprint density at radius 3 is 2.63 bits per heavy atom. The topological polar surface area (TPSA) is 52.6 Å². The molecule has 2 N–H and O–H groups in total. The van der Waals surface area contributed by atoms with Crippen LogP contribution in [0.5, 0.6) is 0 Å². The lowest BCUT2D eigenvalue weighted by atomic mass is 9.93. The van der Waals surface area contributed by atoms with E-state index in [-0.39, 0.29) is 0 Å². The number of nitrogens with one attached hydrogen (secondary N) is 1. The average Bonchev–Trinajstić information content (AvgIpc) is 3.02. The molecule has 1 saturated carbocycles. The van der Waals surface area contributed by atoms with E-state index in [9.17, 15) is 9.90 Å². The summed E-state index contributed by atoms with van der Waals surface area (Å²) in [6, 6.07) is 0.437. The fraction of sp³-hybridized carbons (Fsp3) is 0.933. The number of carbonyl (C=O) groups is 1. The standard InChI is InChI=1S/C15H28N2O2/c1-14(2)8-10-17(11-14)9-4-7-15(3,13(18)19)16-12-5-6-12/h12,16H,4-11H2,1-3H3,(H,18,19). The van der Waals surface area contributed by atoms with Gasteiger partial charge < -0.3 is 10.0 Å². The van der Waals surface area contributed by atoms with Gasteiger partial charge in [0.15, 0.2) is 0 Å². The van der Waals surface area contributed by atoms with Crippen molar-refractivity contribution >= 4 is 5.97 Å². The number of carboxylic acid groups (broad SMARTS) is 1. The molecule has 110 valence electrons. The van der Waals surface area contributed by atoms with E-state index in [0.717, 1.165) is 45.3 Å². The minimum Gasteiger partial charge on any atom is -0.480 e. The van der Waals surface area contributed by atoms with Gasteiger partial charge in [0.25, 0.3) is 0 Å². The third kappa shape index (κ3) is 4.18. The maximum atomic E-state index is 11.4. The van der Waals surface area contributed by atoms with Crippen molar-refractivity contribution in [1.82, 2.24) is 10.2 Å². The maximum Gasteiger partial charge on any atom is 0.323 e. The van der Waals surface area contributed by atoms with E-state index in [1.807, 2.05) is 6.92 Å². The Bertz CT molecular complexity index is 339. The van der Waals surface area contributed by atoms with Crippen LogP contribution in [0.4, 0.5) is 0 Å². The lowest BCUT2D eigenvalue weighted by molar-refractivity contribution is -0.144. The molecule has 1 heterocycles. The molecule has 0 aromatic rings. The Morgan fingerprint density at radius 1 is 1.47 bits per heavy atom. The number of likely N-dealkylation sites (tertiary alicyclic amines) is 1. The Hall–Kier alpha value is -0.610. The molecule has 1 saturated heterocycles. The summed E-state index contributed by atoms with van der Waals surface area (Å²) in [6.07, 6.45) is 5.18. The molecule has 0 radical (unpaired) electrons. The summed E-state index contributed by atoms with van der Waals surface area (Å²) < 4.78 is 0. The second kappa shape index (κ2) is 5.41. The second-order valence-corrected chi connectivity index (χ2v) is 7.35. The second-order valence-electron chi connectivity index (χ2n) is 7.35. The zero-order valence-electron chi connectivity index (χ0n) is 12.5. The van der Waals surface area contributed by atoms with E-state index >= 15 is 0 Å². The number of carboxylic acids is 1.